The van der Waals surface area contributed by atoms with Gasteiger partial charge in [-0.15, -0.1) is 11.6 Å². The maximum Gasteiger partial charge on any atom is 0.341 e. The molecule has 2 rings (SSSR count). The fourth-order valence-electron chi connectivity index (χ4n) is 3.35. The van der Waals surface area contributed by atoms with Gasteiger partial charge in [-0.3, -0.25) is 0 Å². The van der Waals surface area contributed by atoms with Crippen molar-refractivity contribution in [3.63, 3.8) is 0 Å². The minimum Gasteiger partial charge on any atom is -0.507 e. The van der Waals surface area contributed by atoms with E-state index in [1.165, 1.54) is 7.11 Å². The summed E-state index contributed by atoms with van der Waals surface area (Å²) in [6, 6.07) is 9.93. The predicted molar refractivity (Wildman–Crippen MR) is 108 cm³/mol. The van der Waals surface area contributed by atoms with Crippen LogP contribution in [0.2, 0.25) is 0 Å². The maximum absolute atomic E-state index is 12.2. The molecule has 1 N–H and O–H groups in total. The average molecular weight is 391 g/mol. The Hall–Kier alpha value is -2.04. The van der Waals surface area contributed by atoms with Gasteiger partial charge in [0.2, 0.25) is 0 Å². The van der Waals surface area contributed by atoms with Crippen molar-refractivity contribution in [3.8, 4) is 5.75 Å². The Morgan fingerprint density at radius 1 is 1.07 bits per heavy atom. The van der Waals surface area contributed by atoms with Gasteiger partial charge in [0.1, 0.15) is 11.3 Å². The third kappa shape index (κ3) is 5.02. The van der Waals surface area contributed by atoms with Crippen LogP contribution in [0.3, 0.4) is 0 Å². The first-order valence-electron chi connectivity index (χ1n) is 9.17. The molecule has 146 valence electrons. The first-order valence-corrected chi connectivity index (χ1v) is 9.70. The van der Waals surface area contributed by atoms with E-state index in [9.17, 15) is 9.90 Å². The van der Waals surface area contributed by atoms with E-state index in [0.29, 0.717) is 37.5 Å². The second-order valence-electron chi connectivity index (χ2n) is 6.44. The molecule has 0 aliphatic heterocycles. The molecule has 5 heteroatoms. The Morgan fingerprint density at radius 3 is 2.37 bits per heavy atom. The van der Waals surface area contributed by atoms with Gasteiger partial charge >= 0.3 is 5.97 Å². The number of rotatable bonds is 9. The molecule has 0 aliphatic rings. The van der Waals surface area contributed by atoms with Crippen molar-refractivity contribution in [1.29, 1.82) is 0 Å². The molecule has 0 unspecified atom stereocenters. The lowest BCUT2D eigenvalue weighted by Gasteiger charge is -2.21. The molecule has 0 aromatic heterocycles. The van der Waals surface area contributed by atoms with E-state index < -0.39 is 5.97 Å². The number of benzene rings is 2. The Morgan fingerprint density at radius 2 is 1.78 bits per heavy atom. The van der Waals surface area contributed by atoms with Gasteiger partial charge in [-0.1, -0.05) is 43.7 Å². The first kappa shape index (κ1) is 21.3. The lowest BCUT2D eigenvalue weighted by molar-refractivity contribution is 0.0595. The molecule has 27 heavy (non-hydrogen) atoms. The number of hydrogen-bond donors (Lipinski definition) is 1. The summed E-state index contributed by atoms with van der Waals surface area (Å²) in [6.45, 7) is 4.69. The Balaban J connectivity index is 2.44. The third-order valence-electron chi connectivity index (χ3n) is 4.67. The van der Waals surface area contributed by atoms with Gasteiger partial charge in [-0.05, 0) is 42.0 Å². The van der Waals surface area contributed by atoms with Crippen molar-refractivity contribution in [2.45, 2.75) is 46.3 Å². The molecule has 0 spiro atoms. The lowest BCUT2D eigenvalue weighted by atomic mass is 9.88. The van der Waals surface area contributed by atoms with E-state index in [2.05, 4.69) is 0 Å². The van der Waals surface area contributed by atoms with Crippen LogP contribution in [0.1, 0.15) is 51.5 Å². The summed E-state index contributed by atoms with van der Waals surface area (Å²) in [4.78, 5) is 12.2. The number of methoxy groups -OCH3 is 1. The number of carbonyl (C=O) groups excluding carboxylic acids is 1. The molecular weight excluding hydrogens is 364 g/mol. The van der Waals surface area contributed by atoms with Crippen LogP contribution >= 0.6 is 11.6 Å². The van der Waals surface area contributed by atoms with Crippen molar-refractivity contribution in [3.05, 3.63) is 63.7 Å². The molecule has 0 amide bonds. The first-order chi connectivity index (χ1) is 13.0. The van der Waals surface area contributed by atoms with Crippen molar-refractivity contribution in [2.75, 3.05) is 13.0 Å². The summed E-state index contributed by atoms with van der Waals surface area (Å²) in [5, 5.41) is 10.8. The fraction of sp³-hybridized carbons (Fsp3) is 0.409. The standard InChI is InChI=1S/C22H27ClO4/c1-4-8-18-19(14-27-13-16-9-6-5-7-10-16)17(11-12-23)15(2)20(21(18)24)22(25)26-3/h5-7,9-10,24H,4,8,11-14H2,1-3H3. The maximum atomic E-state index is 12.2. The molecule has 4 nitrogen and oxygen atoms in total. The smallest absolute Gasteiger partial charge is 0.341 e. The summed E-state index contributed by atoms with van der Waals surface area (Å²) >= 11 is 6.03. The summed E-state index contributed by atoms with van der Waals surface area (Å²) in [5.41, 5.74) is 4.65. The van der Waals surface area contributed by atoms with E-state index >= 15 is 0 Å². The molecule has 0 fully saturated rings. The second-order valence-corrected chi connectivity index (χ2v) is 6.82. The van der Waals surface area contributed by atoms with Crippen molar-refractivity contribution >= 4 is 17.6 Å². The molecule has 0 radical (unpaired) electrons. The fourth-order valence-corrected chi connectivity index (χ4v) is 3.54. The van der Waals surface area contributed by atoms with Crippen molar-refractivity contribution in [2.24, 2.45) is 0 Å². The van der Waals surface area contributed by atoms with E-state index in [-0.39, 0.29) is 11.3 Å². The van der Waals surface area contributed by atoms with Gasteiger partial charge in [-0.25, -0.2) is 4.79 Å². The van der Waals surface area contributed by atoms with Gasteiger partial charge in [-0.2, -0.15) is 0 Å². The third-order valence-corrected chi connectivity index (χ3v) is 4.86. The number of phenols is 1. The summed E-state index contributed by atoms with van der Waals surface area (Å²) in [5.74, 6) is -0.114. The van der Waals surface area contributed by atoms with Gasteiger partial charge in [0.15, 0.2) is 0 Å². The van der Waals surface area contributed by atoms with Crippen LogP contribution < -0.4 is 0 Å². The van der Waals surface area contributed by atoms with Gasteiger partial charge in [0.25, 0.3) is 0 Å². The zero-order valence-corrected chi connectivity index (χ0v) is 16.9. The molecular formula is C22H27ClO4. The molecule has 0 saturated carbocycles. The van der Waals surface area contributed by atoms with E-state index in [0.717, 1.165) is 28.7 Å². The minimum absolute atomic E-state index is 0.00201. The molecule has 0 atom stereocenters. The number of hydrogen-bond acceptors (Lipinski definition) is 4. The van der Waals surface area contributed by atoms with Crippen LogP contribution in [0.4, 0.5) is 0 Å². The number of aromatic hydroxyl groups is 1. The van der Waals surface area contributed by atoms with Crippen LogP contribution in [0.5, 0.6) is 5.75 Å². The summed E-state index contributed by atoms with van der Waals surface area (Å²) in [7, 11) is 1.32. The van der Waals surface area contributed by atoms with Crippen molar-refractivity contribution < 1.29 is 19.4 Å². The van der Waals surface area contributed by atoms with Crippen LogP contribution in [0.15, 0.2) is 30.3 Å². The second kappa shape index (κ2) is 10.3. The van der Waals surface area contributed by atoms with Gasteiger partial charge in [0.05, 0.1) is 20.3 Å². The van der Waals surface area contributed by atoms with E-state index in [1.807, 2.05) is 44.2 Å². The SMILES string of the molecule is CCCc1c(O)c(C(=O)OC)c(C)c(CCCl)c1COCc1ccccc1. The topological polar surface area (TPSA) is 55.8 Å². The zero-order chi connectivity index (χ0) is 19.8. The Kier molecular flexibility index (Phi) is 8.14. The Bertz CT molecular complexity index is 739. The van der Waals surface area contributed by atoms with Gasteiger partial charge < -0.3 is 14.6 Å². The van der Waals surface area contributed by atoms with E-state index in [4.69, 9.17) is 21.1 Å². The monoisotopic (exact) mass is 390 g/mol. The number of halogens is 1. The van der Waals surface area contributed by atoms with Gasteiger partial charge in [0, 0.05) is 11.4 Å². The highest BCUT2D eigenvalue weighted by molar-refractivity contribution is 6.18. The number of esters is 1. The quantitative estimate of drug-likeness (QED) is 0.486. The molecule has 0 aliphatic carbocycles. The summed E-state index contributed by atoms with van der Waals surface area (Å²) in [6.07, 6.45) is 2.08. The highest BCUT2D eigenvalue weighted by atomic mass is 35.5. The number of carbonyl (C=O) groups is 1. The van der Waals surface area contributed by atoms with E-state index in [1.54, 1.807) is 0 Å². The normalized spacial score (nSPS) is 10.8. The Labute approximate surface area is 166 Å². The minimum atomic E-state index is -0.532. The highest BCUT2D eigenvalue weighted by Crippen LogP contribution is 2.35. The van der Waals surface area contributed by atoms with Crippen LogP contribution in [0.25, 0.3) is 0 Å². The van der Waals surface area contributed by atoms with Crippen molar-refractivity contribution in [1.82, 2.24) is 0 Å². The average Bonchev–Trinajstić information content (AvgIpc) is 2.68. The largest absolute Gasteiger partial charge is 0.507 e. The summed E-state index contributed by atoms with van der Waals surface area (Å²) < 4.78 is 10.8. The molecule has 2 aromatic rings. The number of ether oxygens (including phenoxy) is 2. The van der Waals surface area contributed by atoms with Crippen LogP contribution in [0, 0.1) is 6.92 Å². The molecule has 0 bridgehead atoms. The number of phenolic OH excluding ortho intramolecular Hbond substituents is 1. The molecule has 0 heterocycles. The lowest BCUT2D eigenvalue weighted by Crippen LogP contribution is -2.13. The highest BCUT2D eigenvalue weighted by Gasteiger charge is 2.25. The number of alkyl halides is 1. The van der Waals surface area contributed by atoms with Crippen LogP contribution in [-0.2, 0) is 35.5 Å². The predicted octanol–water partition coefficient (Wildman–Crippen LogP) is 4.94. The van der Waals surface area contributed by atoms with Crippen LogP contribution in [-0.4, -0.2) is 24.1 Å². The molecule has 2 aromatic carbocycles. The zero-order valence-electron chi connectivity index (χ0n) is 16.2. The molecule has 0 saturated heterocycles.